The van der Waals surface area contributed by atoms with E-state index in [9.17, 15) is 19.5 Å². The minimum absolute atomic E-state index is 0.0849. The monoisotopic (exact) mass is 384 g/mol. The Balaban J connectivity index is 2.29. The molecule has 1 N–H and O–H groups in total. The van der Waals surface area contributed by atoms with Crippen molar-refractivity contribution < 1.29 is 33.7 Å². The van der Waals surface area contributed by atoms with Crippen LogP contribution in [0.2, 0.25) is 0 Å². The molecular weight excluding hydrogens is 352 g/mol. The third kappa shape index (κ3) is 10.1. The fourth-order valence-corrected chi connectivity index (χ4v) is 2.86. The minimum Gasteiger partial charge on any atom is -0.462 e. The molecule has 0 aromatic rings. The molecule has 0 spiro atoms. The van der Waals surface area contributed by atoms with Crippen LogP contribution < -0.4 is 0 Å². The maximum Gasteiger partial charge on any atom is 0.333 e. The predicted molar refractivity (Wildman–Crippen MR) is 98.5 cm³/mol. The van der Waals surface area contributed by atoms with E-state index in [0.717, 1.165) is 18.9 Å². The van der Waals surface area contributed by atoms with Crippen LogP contribution in [0.4, 0.5) is 0 Å². The molecule has 0 aliphatic carbocycles. The van der Waals surface area contributed by atoms with E-state index in [1.807, 2.05) is 0 Å². The second-order valence-corrected chi connectivity index (χ2v) is 6.79. The summed E-state index contributed by atoms with van der Waals surface area (Å²) in [6.45, 7) is 3.16. The molecule has 0 fully saturated rings. The lowest BCUT2D eigenvalue weighted by Gasteiger charge is -2.20. The van der Waals surface area contributed by atoms with Gasteiger partial charge in [-0.15, -0.1) is 0 Å². The Morgan fingerprint density at radius 3 is 2.22 bits per heavy atom. The molecule has 7 nitrogen and oxygen atoms in total. The van der Waals surface area contributed by atoms with E-state index >= 15 is 0 Å². The van der Waals surface area contributed by atoms with E-state index in [-0.39, 0.29) is 18.6 Å². The molecule has 7 heteroatoms. The van der Waals surface area contributed by atoms with E-state index in [4.69, 9.17) is 9.47 Å². The van der Waals surface area contributed by atoms with Gasteiger partial charge in [0, 0.05) is 25.0 Å². The van der Waals surface area contributed by atoms with Gasteiger partial charge in [-0.1, -0.05) is 58.3 Å². The Bertz CT molecular complexity index is 512. The average Bonchev–Trinajstić information content (AvgIpc) is 2.95. The quantitative estimate of drug-likeness (QED) is 0.279. The first-order valence-electron chi connectivity index (χ1n) is 9.87. The number of esters is 3. The smallest absolute Gasteiger partial charge is 0.333 e. The van der Waals surface area contributed by atoms with Crippen molar-refractivity contribution in [3.63, 3.8) is 0 Å². The first-order chi connectivity index (χ1) is 12.9. The van der Waals surface area contributed by atoms with Gasteiger partial charge in [0.05, 0.1) is 0 Å². The number of unbranched alkanes of at least 4 members (excludes halogenated alkanes) is 8. The molecule has 0 amide bonds. The third-order valence-electron chi connectivity index (χ3n) is 4.37. The summed E-state index contributed by atoms with van der Waals surface area (Å²) < 4.78 is 14.8. The summed E-state index contributed by atoms with van der Waals surface area (Å²) in [6.07, 6.45) is 9.04. The summed E-state index contributed by atoms with van der Waals surface area (Å²) in [7, 11) is 0. The van der Waals surface area contributed by atoms with Crippen molar-refractivity contribution in [1.29, 1.82) is 0 Å². The molecule has 27 heavy (non-hydrogen) atoms. The highest BCUT2D eigenvalue weighted by molar-refractivity contribution is 5.86. The summed E-state index contributed by atoms with van der Waals surface area (Å²) in [5.41, 5.74) is 0.0849. The summed E-state index contributed by atoms with van der Waals surface area (Å²) in [4.78, 5) is 34.3. The first-order valence-corrected chi connectivity index (χ1v) is 9.87. The number of carbonyl (C=O) groups is 3. The van der Waals surface area contributed by atoms with Crippen LogP contribution in [-0.2, 0) is 28.6 Å². The van der Waals surface area contributed by atoms with Gasteiger partial charge in [0.15, 0.2) is 6.10 Å². The molecular formula is C20H32O7. The van der Waals surface area contributed by atoms with Crippen molar-refractivity contribution in [2.24, 2.45) is 0 Å². The zero-order valence-corrected chi connectivity index (χ0v) is 16.4. The minimum atomic E-state index is -1.49. The summed E-state index contributed by atoms with van der Waals surface area (Å²) in [5.74, 6) is -1.72. The van der Waals surface area contributed by atoms with Crippen LogP contribution in [0.25, 0.3) is 0 Å². The molecule has 1 rings (SSSR count). The first kappa shape index (κ1) is 23.1. The lowest BCUT2D eigenvalue weighted by atomic mass is 10.1. The van der Waals surface area contributed by atoms with E-state index in [1.54, 1.807) is 0 Å². The van der Waals surface area contributed by atoms with Crippen LogP contribution >= 0.6 is 0 Å². The normalized spacial score (nSPS) is 17.2. The lowest BCUT2D eigenvalue weighted by molar-refractivity contribution is -0.160. The van der Waals surface area contributed by atoms with Gasteiger partial charge >= 0.3 is 17.9 Å². The zero-order valence-electron chi connectivity index (χ0n) is 16.4. The van der Waals surface area contributed by atoms with Crippen molar-refractivity contribution in [3.05, 3.63) is 11.6 Å². The van der Waals surface area contributed by atoms with Gasteiger partial charge < -0.3 is 19.3 Å². The highest BCUT2D eigenvalue weighted by Gasteiger charge is 2.33. The summed E-state index contributed by atoms with van der Waals surface area (Å²) >= 11 is 0. The number of hydrogen-bond donors (Lipinski definition) is 1. The summed E-state index contributed by atoms with van der Waals surface area (Å²) in [6, 6.07) is 0. The number of aliphatic hydroxyl groups is 1. The number of rotatable bonds is 14. The highest BCUT2D eigenvalue weighted by atomic mass is 16.6. The maximum absolute atomic E-state index is 12.1. The molecule has 0 aromatic carbocycles. The van der Waals surface area contributed by atoms with Crippen molar-refractivity contribution in [3.8, 4) is 0 Å². The Hall–Kier alpha value is -1.89. The number of cyclic esters (lactones) is 1. The number of hydrogen-bond acceptors (Lipinski definition) is 7. The number of aliphatic hydroxyl groups excluding tert-OH is 1. The van der Waals surface area contributed by atoms with Gasteiger partial charge in [0.2, 0.25) is 6.29 Å². The van der Waals surface area contributed by atoms with Gasteiger partial charge in [-0.25, -0.2) is 4.79 Å². The van der Waals surface area contributed by atoms with Gasteiger partial charge in [-0.3, -0.25) is 9.59 Å². The summed E-state index contributed by atoms with van der Waals surface area (Å²) in [5, 5.41) is 9.72. The van der Waals surface area contributed by atoms with E-state index in [1.165, 1.54) is 45.4 Å². The van der Waals surface area contributed by atoms with Crippen molar-refractivity contribution >= 4 is 17.9 Å². The molecule has 0 saturated carbocycles. The van der Waals surface area contributed by atoms with Crippen LogP contribution in [0.3, 0.4) is 0 Å². The Kier molecular flexibility index (Phi) is 11.4. The number of carbonyl (C=O) groups excluding carboxylic acids is 3. The van der Waals surface area contributed by atoms with Gasteiger partial charge in [0.25, 0.3) is 0 Å². The largest absolute Gasteiger partial charge is 0.462 e. The predicted octanol–water partition coefficient (Wildman–Crippen LogP) is 3.18. The molecule has 0 saturated heterocycles. The van der Waals surface area contributed by atoms with Crippen LogP contribution in [0, 0.1) is 0 Å². The van der Waals surface area contributed by atoms with Crippen molar-refractivity contribution in [2.45, 2.75) is 90.4 Å². The van der Waals surface area contributed by atoms with E-state index < -0.39 is 30.3 Å². The Labute approximate surface area is 161 Å². The fourth-order valence-electron chi connectivity index (χ4n) is 2.86. The zero-order chi connectivity index (χ0) is 20.1. The molecule has 1 aliphatic heterocycles. The topological polar surface area (TPSA) is 99.1 Å². The van der Waals surface area contributed by atoms with Gasteiger partial charge in [0.1, 0.15) is 6.61 Å². The van der Waals surface area contributed by atoms with Gasteiger partial charge in [-0.2, -0.15) is 0 Å². The van der Waals surface area contributed by atoms with Crippen LogP contribution in [0.15, 0.2) is 11.6 Å². The van der Waals surface area contributed by atoms with Crippen LogP contribution in [0.5, 0.6) is 0 Å². The molecule has 1 heterocycles. The SMILES string of the molecule is CCCCCCCCCCCC(=O)OC(COC(C)=O)C1=CC(=O)OC1O. The second-order valence-electron chi connectivity index (χ2n) is 6.79. The van der Waals surface area contributed by atoms with Crippen LogP contribution in [-0.4, -0.2) is 42.0 Å². The van der Waals surface area contributed by atoms with Crippen LogP contribution in [0.1, 0.15) is 78.1 Å². The fraction of sp³-hybridized carbons (Fsp3) is 0.750. The number of ether oxygens (including phenoxy) is 3. The highest BCUT2D eigenvalue weighted by Crippen LogP contribution is 2.21. The Morgan fingerprint density at radius 1 is 1.11 bits per heavy atom. The molecule has 154 valence electrons. The standard InChI is InChI=1S/C20H32O7/c1-3-4-5-6-7-8-9-10-11-12-18(22)26-17(14-25-15(2)21)16-13-19(23)27-20(16)24/h13,17,20,24H,3-12,14H2,1-2H3. The second kappa shape index (κ2) is 13.3. The molecule has 1 aliphatic rings. The molecule has 2 atom stereocenters. The molecule has 0 bridgehead atoms. The molecule has 2 unspecified atom stereocenters. The van der Waals surface area contributed by atoms with Gasteiger partial charge in [-0.05, 0) is 6.42 Å². The van der Waals surface area contributed by atoms with E-state index in [0.29, 0.717) is 6.42 Å². The molecule has 0 aromatic heterocycles. The van der Waals surface area contributed by atoms with E-state index in [2.05, 4.69) is 11.7 Å². The van der Waals surface area contributed by atoms with Crippen molar-refractivity contribution in [1.82, 2.24) is 0 Å². The van der Waals surface area contributed by atoms with Crippen molar-refractivity contribution in [2.75, 3.05) is 6.61 Å². The third-order valence-corrected chi connectivity index (χ3v) is 4.37. The molecule has 0 radical (unpaired) electrons. The maximum atomic E-state index is 12.1. The Morgan fingerprint density at radius 2 is 1.70 bits per heavy atom. The average molecular weight is 384 g/mol. The lowest BCUT2D eigenvalue weighted by Crippen LogP contribution is -2.31.